The maximum Gasteiger partial charge on any atom is 0.224 e. The number of aromatic nitrogens is 2. The van der Waals surface area contributed by atoms with Crippen molar-refractivity contribution in [3.8, 4) is 11.1 Å². The monoisotopic (exact) mass is 322 g/mol. The predicted octanol–water partition coefficient (Wildman–Crippen LogP) is 2.89. The SMILES string of the molecule is CC1=NC2(CCc3cccc(-c4cnc(N(C)C)nc4)c3C2)CO1. The zero-order valence-corrected chi connectivity index (χ0v) is 14.4. The Morgan fingerprint density at radius 1 is 1.17 bits per heavy atom. The maximum atomic E-state index is 5.67. The maximum absolute atomic E-state index is 5.67. The molecule has 0 amide bonds. The molecule has 1 aromatic carbocycles. The van der Waals surface area contributed by atoms with Gasteiger partial charge in [0, 0.05) is 45.4 Å². The first-order chi connectivity index (χ1) is 11.6. The first-order valence-electron chi connectivity index (χ1n) is 8.36. The van der Waals surface area contributed by atoms with Gasteiger partial charge in [-0.3, -0.25) is 0 Å². The number of hydrogen-bond acceptors (Lipinski definition) is 5. The molecule has 0 radical (unpaired) electrons. The molecule has 5 heteroatoms. The Bertz CT molecular complexity index is 798. The molecule has 2 aliphatic rings. The Labute approximate surface area is 142 Å². The summed E-state index contributed by atoms with van der Waals surface area (Å²) in [5.41, 5.74) is 4.98. The lowest BCUT2D eigenvalue weighted by atomic mass is 9.76. The van der Waals surface area contributed by atoms with Crippen LogP contribution in [0, 0.1) is 0 Å². The fourth-order valence-corrected chi connectivity index (χ4v) is 3.68. The standard InChI is InChI=1S/C19H22N4O/c1-13-22-19(12-24-13)8-7-14-5-4-6-16(17(14)9-19)15-10-20-18(21-11-15)23(2)3/h4-6,10-11H,7-9,12H2,1-3H3. The van der Waals surface area contributed by atoms with Gasteiger partial charge in [-0.1, -0.05) is 18.2 Å². The van der Waals surface area contributed by atoms with Gasteiger partial charge in [0.1, 0.15) is 12.1 Å². The summed E-state index contributed by atoms with van der Waals surface area (Å²) in [5.74, 6) is 1.54. The van der Waals surface area contributed by atoms with E-state index in [4.69, 9.17) is 9.73 Å². The molecule has 1 unspecified atom stereocenters. The average molecular weight is 322 g/mol. The molecule has 1 spiro atoms. The molecule has 1 aromatic heterocycles. The van der Waals surface area contributed by atoms with Crippen LogP contribution in [0.4, 0.5) is 5.95 Å². The molecule has 2 aromatic rings. The van der Waals surface area contributed by atoms with Crippen LogP contribution >= 0.6 is 0 Å². The molecule has 24 heavy (non-hydrogen) atoms. The van der Waals surface area contributed by atoms with E-state index in [1.807, 2.05) is 38.3 Å². The van der Waals surface area contributed by atoms with Crippen molar-refractivity contribution < 1.29 is 4.74 Å². The summed E-state index contributed by atoms with van der Waals surface area (Å²) < 4.78 is 5.67. The van der Waals surface area contributed by atoms with E-state index in [2.05, 4.69) is 28.2 Å². The third-order valence-electron chi connectivity index (χ3n) is 4.93. The van der Waals surface area contributed by atoms with Crippen molar-refractivity contribution in [1.82, 2.24) is 9.97 Å². The van der Waals surface area contributed by atoms with E-state index in [0.717, 1.165) is 36.7 Å². The summed E-state index contributed by atoms with van der Waals surface area (Å²) >= 11 is 0. The molecule has 5 nitrogen and oxygen atoms in total. The summed E-state index contributed by atoms with van der Waals surface area (Å²) in [6.45, 7) is 2.65. The highest BCUT2D eigenvalue weighted by atomic mass is 16.5. The normalized spacial score (nSPS) is 22.0. The van der Waals surface area contributed by atoms with Crippen LogP contribution in [0.15, 0.2) is 35.6 Å². The number of ether oxygens (including phenoxy) is 1. The van der Waals surface area contributed by atoms with Crippen LogP contribution in [0.25, 0.3) is 11.1 Å². The van der Waals surface area contributed by atoms with Crippen molar-refractivity contribution in [3.63, 3.8) is 0 Å². The molecule has 0 saturated carbocycles. The number of benzene rings is 1. The van der Waals surface area contributed by atoms with E-state index < -0.39 is 0 Å². The molecule has 4 rings (SSSR count). The van der Waals surface area contributed by atoms with Gasteiger partial charge in [-0.2, -0.15) is 0 Å². The van der Waals surface area contributed by atoms with Gasteiger partial charge in [-0.15, -0.1) is 0 Å². The molecule has 0 N–H and O–H groups in total. The van der Waals surface area contributed by atoms with Gasteiger partial charge in [0.2, 0.25) is 5.95 Å². The predicted molar refractivity (Wildman–Crippen MR) is 95.6 cm³/mol. The highest BCUT2D eigenvalue weighted by molar-refractivity contribution is 5.76. The van der Waals surface area contributed by atoms with Gasteiger partial charge in [-0.05, 0) is 29.5 Å². The molecule has 1 atom stereocenters. The number of aliphatic imine (C=N–C) groups is 1. The zero-order chi connectivity index (χ0) is 16.7. The largest absolute Gasteiger partial charge is 0.479 e. The van der Waals surface area contributed by atoms with Crippen LogP contribution in [-0.2, 0) is 17.6 Å². The lowest BCUT2D eigenvalue weighted by Crippen LogP contribution is -2.35. The van der Waals surface area contributed by atoms with E-state index in [0.29, 0.717) is 6.61 Å². The van der Waals surface area contributed by atoms with Crippen LogP contribution in [0.1, 0.15) is 24.5 Å². The van der Waals surface area contributed by atoms with Crippen LogP contribution in [0.5, 0.6) is 0 Å². The van der Waals surface area contributed by atoms with Gasteiger partial charge < -0.3 is 9.64 Å². The lowest BCUT2D eigenvalue weighted by molar-refractivity contribution is 0.236. The van der Waals surface area contributed by atoms with Gasteiger partial charge in [-0.25, -0.2) is 15.0 Å². The summed E-state index contributed by atoms with van der Waals surface area (Å²) in [6, 6.07) is 6.52. The minimum absolute atomic E-state index is 0.0857. The van der Waals surface area contributed by atoms with Crippen molar-refractivity contribution >= 4 is 11.8 Å². The van der Waals surface area contributed by atoms with Crippen molar-refractivity contribution in [3.05, 3.63) is 41.7 Å². The van der Waals surface area contributed by atoms with Gasteiger partial charge in [0.25, 0.3) is 0 Å². The molecule has 1 aliphatic carbocycles. The topological polar surface area (TPSA) is 50.6 Å². The highest BCUT2D eigenvalue weighted by Crippen LogP contribution is 2.39. The third-order valence-corrected chi connectivity index (χ3v) is 4.93. The van der Waals surface area contributed by atoms with Gasteiger partial charge >= 0.3 is 0 Å². The molecule has 2 heterocycles. The van der Waals surface area contributed by atoms with Gasteiger partial charge in [0.15, 0.2) is 5.90 Å². The first-order valence-corrected chi connectivity index (χ1v) is 8.36. The molecular weight excluding hydrogens is 300 g/mol. The summed E-state index contributed by atoms with van der Waals surface area (Å²) in [6.07, 6.45) is 6.85. The number of hydrogen-bond donors (Lipinski definition) is 0. The quantitative estimate of drug-likeness (QED) is 0.853. The van der Waals surface area contributed by atoms with E-state index >= 15 is 0 Å². The number of anilines is 1. The highest BCUT2D eigenvalue weighted by Gasteiger charge is 2.39. The molecule has 124 valence electrons. The van der Waals surface area contributed by atoms with E-state index in [9.17, 15) is 0 Å². The summed E-state index contributed by atoms with van der Waals surface area (Å²) in [7, 11) is 3.90. The number of fused-ring (bicyclic) bond motifs is 1. The fourth-order valence-electron chi connectivity index (χ4n) is 3.68. The van der Waals surface area contributed by atoms with Crippen molar-refractivity contribution in [2.24, 2.45) is 4.99 Å². The molecule has 0 fully saturated rings. The second-order valence-electron chi connectivity index (χ2n) is 6.93. The Balaban J connectivity index is 1.74. The van der Waals surface area contributed by atoms with Gasteiger partial charge in [0.05, 0.1) is 0 Å². The zero-order valence-electron chi connectivity index (χ0n) is 14.4. The van der Waals surface area contributed by atoms with Crippen molar-refractivity contribution in [2.45, 2.75) is 31.7 Å². The van der Waals surface area contributed by atoms with E-state index in [-0.39, 0.29) is 5.54 Å². The molecular formula is C19H22N4O. The second kappa shape index (κ2) is 5.58. The summed E-state index contributed by atoms with van der Waals surface area (Å²) in [4.78, 5) is 15.7. The van der Waals surface area contributed by atoms with Crippen LogP contribution in [0.2, 0.25) is 0 Å². The smallest absolute Gasteiger partial charge is 0.224 e. The minimum atomic E-state index is -0.0857. The number of nitrogens with zero attached hydrogens (tertiary/aromatic N) is 4. The summed E-state index contributed by atoms with van der Waals surface area (Å²) in [5, 5.41) is 0. The minimum Gasteiger partial charge on any atom is -0.479 e. The Kier molecular flexibility index (Phi) is 3.52. The Hall–Kier alpha value is -2.43. The molecule has 1 aliphatic heterocycles. The first kappa shape index (κ1) is 15.1. The number of rotatable bonds is 2. The van der Waals surface area contributed by atoms with Crippen molar-refractivity contribution in [2.75, 3.05) is 25.6 Å². The second-order valence-corrected chi connectivity index (χ2v) is 6.93. The fraction of sp³-hybridized carbons (Fsp3) is 0.421. The molecule has 0 bridgehead atoms. The van der Waals surface area contributed by atoms with E-state index in [1.165, 1.54) is 16.7 Å². The third kappa shape index (κ3) is 2.54. The lowest BCUT2D eigenvalue weighted by Gasteiger charge is -2.32. The van der Waals surface area contributed by atoms with Crippen molar-refractivity contribution in [1.29, 1.82) is 0 Å². The Morgan fingerprint density at radius 2 is 1.96 bits per heavy atom. The number of aryl methyl sites for hydroxylation is 1. The average Bonchev–Trinajstić information content (AvgIpc) is 2.94. The Morgan fingerprint density at radius 3 is 2.62 bits per heavy atom. The van der Waals surface area contributed by atoms with Crippen LogP contribution in [-0.4, -0.2) is 42.1 Å². The molecule has 0 saturated heterocycles. The van der Waals surface area contributed by atoms with Crippen LogP contribution in [0.3, 0.4) is 0 Å². The van der Waals surface area contributed by atoms with E-state index in [1.54, 1.807) is 0 Å². The van der Waals surface area contributed by atoms with Crippen LogP contribution < -0.4 is 4.90 Å².